The van der Waals surface area contributed by atoms with Gasteiger partial charge >= 0.3 is 5.97 Å². The molecule has 0 aromatic heterocycles. The second-order valence-electron chi connectivity index (χ2n) is 8.92. The van der Waals surface area contributed by atoms with Crippen molar-refractivity contribution in [3.63, 3.8) is 0 Å². The SMILES string of the molecule is CC(=O)OC1C=C[C@@]2(C)C(=CC[C@H]3[C@@H]4CCC[C@@]4(C)CC[C@@H]32)C1. The Bertz CT molecular complexity index is 574. The first-order valence-corrected chi connectivity index (χ1v) is 9.48. The molecule has 0 spiro atoms. The minimum Gasteiger partial charge on any atom is -0.458 e. The van der Waals surface area contributed by atoms with E-state index in [2.05, 4.69) is 32.1 Å². The maximum atomic E-state index is 11.3. The number of carbonyl (C=O) groups excluding carboxylic acids is 1. The van der Waals surface area contributed by atoms with Crippen molar-refractivity contribution >= 4 is 5.97 Å². The Hall–Kier alpha value is -1.05. The standard InChI is InChI=1S/C21H30O2/c1-14(22)23-16-8-12-21(3)15(13-16)6-7-17-18-5-4-10-20(18,2)11-9-19(17)21/h6,8,12,16-19H,4-5,7,9-11,13H2,1-3H3/t16?,17-,18-,19-,20-,21-/m0/s1. The van der Waals surface area contributed by atoms with Gasteiger partial charge in [0.05, 0.1) is 0 Å². The van der Waals surface area contributed by atoms with E-state index in [9.17, 15) is 4.79 Å². The Kier molecular flexibility index (Phi) is 3.52. The van der Waals surface area contributed by atoms with Gasteiger partial charge in [0.2, 0.25) is 0 Å². The Balaban J connectivity index is 1.62. The number of rotatable bonds is 1. The average Bonchev–Trinajstić information content (AvgIpc) is 2.89. The third-order valence-electron chi connectivity index (χ3n) is 7.71. The summed E-state index contributed by atoms with van der Waals surface area (Å²) in [4.78, 5) is 11.3. The Morgan fingerprint density at radius 2 is 2.04 bits per heavy atom. The highest BCUT2D eigenvalue weighted by Gasteiger charge is 2.55. The zero-order chi connectivity index (χ0) is 16.2. The molecule has 4 aliphatic carbocycles. The molecule has 2 fully saturated rings. The monoisotopic (exact) mass is 314 g/mol. The van der Waals surface area contributed by atoms with E-state index in [1.807, 2.05) is 0 Å². The number of allylic oxidation sites excluding steroid dienone is 2. The van der Waals surface area contributed by atoms with Crippen LogP contribution in [-0.4, -0.2) is 12.1 Å². The van der Waals surface area contributed by atoms with Crippen molar-refractivity contribution in [1.82, 2.24) is 0 Å². The topological polar surface area (TPSA) is 26.3 Å². The quantitative estimate of drug-likeness (QED) is 0.500. The van der Waals surface area contributed by atoms with Crippen LogP contribution < -0.4 is 0 Å². The summed E-state index contributed by atoms with van der Waals surface area (Å²) in [6, 6.07) is 0. The number of hydrogen-bond acceptors (Lipinski definition) is 2. The van der Waals surface area contributed by atoms with Crippen LogP contribution in [0.4, 0.5) is 0 Å². The molecule has 0 bridgehead atoms. The van der Waals surface area contributed by atoms with Gasteiger partial charge in [-0.2, -0.15) is 0 Å². The van der Waals surface area contributed by atoms with Crippen LogP contribution in [-0.2, 0) is 9.53 Å². The Labute approximate surface area is 140 Å². The third-order valence-corrected chi connectivity index (χ3v) is 7.71. The van der Waals surface area contributed by atoms with Crippen molar-refractivity contribution in [2.45, 2.75) is 71.8 Å². The van der Waals surface area contributed by atoms with Crippen LogP contribution in [0.5, 0.6) is 0 Å². The maximum Gasteiger partial charge on any atom is 0.303 e. The minimum absolute atomic E-state index is 0.0521. The maximum absolute atomic E-state index is 11.3. The summed E-state index contributed by atoms with van der Waals surface area (Å²) in [5.74, 6) is 2.40. The number of esters is 1. The van der Waals surface area contributed by atoms with Crippen molar-refractivity contribution in [2.75, 3.05) is 0 Å². The molecule has 1 unspecified atom stereocenters. The highest BCUT2D eigenvalue weighted by molar-refractivity contribution is 5.66. The molecule has 0 aromatic carbocycles. The molecule has 0 amide bonds. The van der Waals surface area contributed by atoms with Gasteiger partial charge in [-0.15, -0.1) is 0 Å². The lowest BCUT2D eigenvalue weighted by molar-refractivity contribution is -0.144. The van der Waals surface area contributed by atoms with Crippen LogP contribution in [0.3, 0.4) is 0 Å². The van der Waals surface area contributed by atoms with Gasteiger partial charge in [-0.25, -0.2) is 0 Å². The predicted molar refractivity (Wildman–Crippen MR) is 91.8 cm³/mol. The zero-order valence-corrected chi connectivity index (χ0v) is 14.8. The predicted octanol–water partition coefficient (Wildman–Crippen LogP) is 5.05. The molecule has 126 valence electrons. The third kappa shape index (κ3) is 2.32. The van der Waals surface area contributed by atoms with Gasteiger partial charge < -0.3 is 4.74 Å². The van der Waals surface area contributed by atoms with Crippen LogP contribution in [0, 0.1) is 28.6 Å². The fraction of sp³-hybridized carbons (Fsp3) is 0.762. The van der Waals surface area contributed by atoms with Gasteiger partial charge in [0.1, 0.15) is 6.10 Å². The van der Waals surface area contributed by atoms with Crippen LogP contribution in [0.25, 0.3) is 0 Å². The molecule has 0 N–H and O–H groups in total. The first-order chi connectivity index (χ1) is 10.9. The molecule has 0 radical (unpaired) electrons. The fourth-order valence-corrected chi connectivity index (χ4v) is 6.51. The largest absolute Gasteiger partial charge is 0.458 e. The van der Waals surface area contributed by atoms with E-state index in [1.54, 1.807) is 0 Å². The molecule has 2 nitrogen and oxygen atoms in total. The molecule has 4 aliphatic rings. The number of carbonyl (C=O) groups is 1. The average molecular weight is 314 g/mol. The van der Waals surface area contributed by atoms with Crippen molar-refractivity contribution in [2.24, 2.45) is 28.6 Å². The van der Waals surface area contributed by atoms with E-state index in [4.69, 9.17) is 4.74 Å². The van der Waals surface area contributed by atoms with Crippen LogP contribution >= 0.6 is 0 Å². The lowest BCUT2D eigenvalue weighted by Gasteiger charge is -2.55. The summed E-state index contributed by atoms with van der Waals surface area (Å²) in [5.41, 5.74) is 2.33. The van der Waals surface area contributed by atoms with E-state index in [0.29, 0.717) is 5.41 Å². The van der Waals surface area contributed by atoms with E-state index in [-0.39, 0.29) is 17.5 Å². The molecule has 6 atom stereocenters. The second-order valence-corrected chi connectivity index (χ2v) is 8.92. The first kappa shape index (κ1) is 15.5. The van der Waals surface area contributed by atoms with E-state index in [0.717, 1.165) is 24.2 Å². The number of fused-ring (bicyclic) bond motifs is 5. The fourth-order valence-electron chi connectivity index (χ4n) is 6.51. The van der Waals surface area contributed by atoms with Crippen LogP contribution in [0.15, 0.2) is 23.8 Å². The zero-order valence-electron chi connectivity index (χ0n) is 14.8. The molecule has 0 aliphatic heterocycles. The highest BCUT2D eigenvalue weighted by Crippen LogP contribution is 2.63. The summed E-state index contributed by atoms with van der Waals surface area (Å²) < 4.78 is 5.44. The number of hydrogen-bond donors (Lipinski definition) is 0. The molecular weight excluding hydrogens is 284 g/mol. The molecule has 0 heterocycles. The van der Waals surface area contributed by atoms with Crippen molar-refractivity contribution in [3.05, 3.63) is 23.8 Å². The molecule has 0 aromatic rings. The van der Waals surface area contributed by atoms with Crippen molar-refractivity contribution in [1.29, 1.82) is 0 Å². The molecule has 2 heteroatoms. The Morgan fingerprint density at radius 1 is 1.22 bits per heavy atom. The van der Waals surface area contributed by atoms with E-state index < -0.39 is 0 Å². The van der Waals surface area contributed by atoms with Crippen LogP contribution in [0.2, 0.25) is 0 Å². The van der Waals surface area contributed by atoms with Gasteiger partial charge in [-0.05, 0) is 61.3 Å². The minimum atomic E-state index is -0.170. The van der Waals surface area contributed by atoms with Crippen LogP contribution in [0.1, 0.15) is 65.7 Å². The molecule has 2 saturated carbocycles. The van der Waals surface area contributed by atoms with Gasteiger partial charge in [-0.3, -0.25) is 4.79 Å². The lowest BCUT2D eigenvalue weighted by Crippen LogP contribution is -2.48. The van der Waals surface area contributed by atoms with Crippen molar-refractivity contribution in [3.8, 4) is 0 Å². The summed E-state index contributed by atoms with van der Waals surface area (Å²) in [7, 11) is 0. The molecule has 0 saturated heterocycles. The molecular formula is C21H30O2. The second kappa shape index (κ2) is 5.22. The smallest absolute Gasteiger partial charge is 0.303 e. The summed E-state index contributed by atoms with van der Waals surface area (Å²) in [6.07, 6.45) is 16.2. The summed E-state index contributed by atoms with van der Waals surface area (Å²) in [5, 5.41) is 0. The van der Waals surface area contributed by atoms with Gasteiger partial charge in [0.15, 0.2) is 0 Å². The normalized spacial score (nSPS) is 48.0. The number of ether oxygens (including phenoxy) is 1. The summed E-state index contributed by atoms with van der Waals surface area (Å²) in [6.45, 7) is 6.50. The summed E-state index contributed by atoms with van der Waals surface area (Å²) >= 11 is 0. The Morgan fingerprint density at radius 3 is 2.83 bits per heavy atom. The van der Waals surface area contributed by atoms with Gasteiger partial charge in [-0.1, -0.05) is 38.0 Å². The first-order valence-electron chi connectivity index (χ1n) is 9.48. The van der Waals surface area contributed by atoms with Crippen molar-refractivity contribution < 1.29 is 9.53 Å². The van der Waals surface area contributed by atoms with E-state index in [1.165, 1.54) is 51.0 Å². The van der Waals surface area contributed by atoms with Gasteiger partial charge in [0.25, 0.3) is 0 Å². The molecule has 4 rings (SSSR count). The molecule has 23 heavy (non-hydrogen) atoms. The highest BCUT2D eigenvalue weighted by atomic mass is 16.5. The lowest BCUT2D eigenvalue weighted by atomic mass is 9.49. The van der Waals surface area contributed by atoms with E-state index >= 15 is 0 Å². The van der Waals surface area contributed by atoms with Gasteiger partial charge in [0, 0.05) is 18.8 Å².